The summed E-state index contributed by atoms with van der Waals surface area (Å²) < 4.78 is 11.4. The molecule has 0 atom stereocenters. The summed E-state index contributed by atoms with van der Waals surface area (Å²) in [6.45, 7) is 0. The van der Waals surface area contributed by atoms with Gasteiger partial charge in [-0.05, 0) is 36.4 Å². The third kappa shape index (κ3) is 3.77. The van der Waals surface area contributed by atoms with Crippen molar-refractivity contribution in [2.24, 2.45) is 0 Å². The minimum absolute atomic E-state index is 0.0902. The van der Waals surface area contributed by atoms with Gasteiger partial charge in [0.25, 0.3) is 11.6 Å². The molecule has 5 rings (SSSR count). The van der Waals surface area contributed by atoms with Crippen LogP contribution < -0.4 is 10.1 Å². The van der Waals surface area contributed by atoms with E-state index in [0.29, 0.717) is 38.5 Å². The van der Waals surface area contributed by atoms with Gasteiger partial charge in [-0.1, -0.05) is 29.8 Å². The van der Waals surface area contributed by atoms with E-state index in [1.165, 1.54) is 6.07 Å². The summed E-state index contributed by atoms with van der Waals surface area (Å²) in [6, 6.07) is 17.0. The van der Waals surface area contributed by atoms with E-state index < -0.39 is 10.8 Å². The van der Waals surface area contributed by atoms with E-state index >= 15 is 0 Å². The van der Waals surface area contributed by atoms with Crippen LogP contribution in [-0.4, -0.2) is 22.9 Å². The van der Waals surface area contributed by atoms with Crippen LogP contribution in [-0.2, 0) is 0 Å². The molecule has 0 spiro atoms. The van der Waals surface area contributed by atoms with Gasteiger partial charge in [-0.2, -0.15) is 0 Å². The highest BCUT2D eigenvalue weighted by atomic mass is 35.5. The van der Waals surface area contributed by atoms with Crippen LogP contribution in [0.15, 0.2) is 65.1 Å². The third-order valence-electron chi connectivity index (χ3n) is 5.00. The molecule has 0 aliphatic heterocycles. The van der Waals surface area contributed by atoms with Crippen molar-refractivity contribution in [3.05, 3.63) is 80.7 Å². The van der Waals surface area contributed by atoms with Gasteiger partial charge in [0, 0.05) is 22.7 Å². The number of thiophene rings is 1. The SMILES string of the molecule is COc1cccc(-c2nc3cc(NC(=O)c4sc5c([N+](=O)[O-])cccc5c4Cl)ccc3o2)c1. The zero-order valence-electron chi connectivity index (χ0n) is 17.0. The Morgan fingerprint density at radius 1 is 1.18 bits per heavy atom. The predicted octanol–water partition coefficient (Wildman–Crippen LogP) is 6.53. The first-order valence-electron chi connectivity index (χ1n) is 9.66. The largest absolute Gasteiger partial charge is 0.497 e. The number of methoxy groups -OCH3 is 1. The second kappa shape index (κ2) is 8.19. The molecular formula is C23H14ClN3O5S. The number of aromatic nitrogens is 1. The summed E-state index contributed by atoms with van der Waals surface area (Å²) in [6.07, 6.45) is 0. The van der Waals surface area contributed by atoms with Gasteiger partial charge in [-0.15, -0.1) is 11.3 Å². The number of nitrogens with zero attached hydrogens (tertiary/aromatic N) is 2. The molecule has 0 radical (unpaired) electrons. The summed E-state index contributed by atoms with van der Waals surface area (Å²) >= 11 is 7.36. The molecule has 10 heteroatoms. The van der Waals surface area contributed by atoms with Gasteiger partial charge in [0.1, 0.15) is 20.8 Å². The zero-order valence-corrected chi connectivity index (χ0v) is 18.6. The number of nitro groups is 1. The van der Waals surface area contributed by atoms with Crippen LogP contribution in [0.3, 0.4) is 0 Å². The number of fused-ring (bicyclic) bond motifs is 2. The summed E-state index contributed by atoms with van der Waals surface area (Å²) in [5, 5.41) is 14.7. The third-order valence-corrected chi connectivity index (χ3v) is 6.73. The molecule has 0 bridgehead atoms. The average Bonchev–Trinajstić information content (AvgIpc) is 3.40. The smallest absolute Gasteiger partial charge is 0.287 e. The molecule has 8 nitrogen and oxygen atoms in total. The van der Waals surface area contributed by atoms with Crippen molar-refractivity contribution in [2.75, 3.05) is 12.4 Å². The number of carbonyl (C=O) groups excluding carboxylic acids is 1. The van der Waals surface area contributed by atoms with Crippen LogP contribution in [0.2, 0.25) is 5.02 Å². The van der Waals surface area contributed by atoms with Crippen molar-refractivity contribution < 1.29 is 18.9 Å². The van der Waals surface area contributed by atoms with Gasteiger partial charge in [-0.3, -0.25) is 14.9 Å². The van der Waals surface area contributed by atoms with Gasteiger partial charge in [-0.25, -0.2) is 4.98 Å². The number of oxazole rings is 1. The summed E-state index contributed by atoms with van der Waals surface area (Å²) in [7, 11) is 1.58. The minimum atomic E-state index is -0.491. The highest BCUT2D eigenvalue weighted by Gasteiger charge is 2.23. The van der Waals surface area contributed by atoms with E-state index in [9.17, 15) is 14.9 Å². The highest BCUT2D eigenvalue weighted by Crippen LogP contribution is 2.40. The molecule has 0 saturated carbocycles. The van der Waals surface area contributed by atoms with Gasteiger partial charge in [0.2, 0.25) is 5.89 Å². The van der Waals surface area contributed by atoms with Crippen LogP contribution in [0.1, 0.15) is 9.67 Å². The standard InChI is InChI=1S/C23H14ClN3O5S/c1-31-14-5-2-4-12(10-14)23-26-16-11-13(8-9-18(16)32-23)25-22(28)21-19(24)15-6-3-7-17(27(29)30)20(15)33-21/h2-11H,1H3,(H,25,28). The fourth-order valence-electron chi connectivity index (χ4n) is 3.44. The van der Waals surface area contributed by atoms with E-state index in [2.05, 4.69) is 10.3 Å². The van der Waals surface area contributed by atoms with Crippen molar-refractivity contribution in [3.63, 3.8) is 0 Å². The molecule has 0 aliphatic rings. The van der Waals surface area contributed by atoms with Crippen LogP contribution >= 0.6 is 22.9 Å². The number of rotatable bonds is 5. The van der Waals surface area contributed by atoms with Crippen molar-refractivity contribution in [1.29, 1.82) is 0 Å². The Hall–Kier alpha value is -3.95. The molecule has 5 aromatic rings. The van der Waals surface area contributed by atoms with E-state index in [0.717, 1.165) is 16.9 Å². The van der Waals surface area contributed by atoms with E-state index in [1.54, 1.807) is 37.4 Å². The van der Waals surface area contributed by atoms with Crippen molar-refractivity contribution in [1.82, 2.24) is 4.98 Å². The zero-order chi connectivity index (χ0) is 23.1. The lowest BCUT2D eigenvalue weighted by Crippen LogP contribution is -2.10. The molecule has 0 unspecified atom stereocenters. The molecular weight excluding hydrogens is 466 g/mol. The van der Waals surface area contributed by atoms with Gasteiger partial charge >= 0.3 is 0 Å². The lowest BCUT2D eigenvalue weighted by molar-refractivity contribution is -0.382. The van der Waals surface area contributed by atoms with Crippen LogP contribution in [0.25, 0.3) is 32.6 Å². The number of amides is 1. The summed E-state index contributed by atoms with van der Waals surface area (Å²) in [5.74, 6) is 0.641. The molecule has 0 saturated heterocycles. The molecule has 3 aromatic carbocycles. The van der Waals surface area contributed by atoms with Crippen LogP contribution in [0.5, 0.6) is 5.75 Å². The normalized spacial score (nSPS) is 11.1. The second-order valence-corrected chi connectivity index (χ2v) is 8.44. The molecule has 0 aliphatic carbocycles. The number of non-ortho nitro benzene ring substituents is 1. The first-order valence-corrected chi connectivity index (χ1v) is 10.9. The summed E-state index contributed by atoms with van der Waals surface area (Å²) in [5.41, 5.74) is 2.27. The van der Waals surface area contributed by atoms with Gasteiger partial charge < -0.3 is 14.5 Å². The number of nitrogens with one attached hydrogen (secondary N) is 1. The minimum Gasteiger partial charge on any atom is -0.497 e. The average molecular weight is 480 g/mol. The maximum Gasteiger partial charge on any atom is 0.287 e. The van der Waals surface area contributed by atoms with Crippen molar-refractivity contribution in [2.45, 2.75) is 0 Å². The molecule has 0 fully saturated rings. The first kappa shape index (κ1) is 20.9. The number of anilines is 1. The van der Waals surface area contributed by atoms with Crippen molar-refractivity contribution >= 4 is 61.4 Å². The number of benzene rings is 3. The number of nitro benzene ring substituents is 1. The highest BCUT2D eigenvalue weighted by molar-refractivity contribution is 7.22. The van der Waals surface area contributed by atoms with Crippen molar-refractivity contribution in [3.8, 4) is 17.2 Å². The molecule has 1 amide bonds. The number of halogens is 1. The molecule has 164 valence electrons. The predicted molar refractivity (Wildman–Crippen MR) is 127 cm³/mol. The second-order valence-electron chi connectivity index (χ2n) is 7.04. The Morgan fingerprint density at radius 3 is 2.79 bits per heavy atom. The van der Waals surface area contributed by atoms with Crippen LogP contribution in [0, 0.1) is 10.1 Å². The fourth-order valence-corrected chi connectivity index (χ4v) is 4.93. The lowest BCUT2D eigenvalue weighted by atomic mass is 10.2. The first-order chi connectivity index (χ1) is 15.9. The maximum atomic E-state index is 12.9. The topological polar surface area (TPSA) is 108 Å². The van der Waals surface area contributed by atoms with E-state index in [1.807, 2.05) is 24.3 Å². The van der Waals surface area contributed by atoms with Gasteiger partial charge in [0.05, 0.1) is 17.1 Å². The Labute approximate surface area is 195 Å². The quantitative estimate of drug-likeness (QED) is 0.227. The Kier molecular flexibility index (Phi) is 5.20. The maximum absolute atomic E-state index is 12.9. The number of hydrogen-bond donors (Lipinski definition) is 1. The molecule has 33 heavy (non-hydrogen) atoms. The van der Waals surface area contributed by atoms with Crippen LogP contribution in [0.4, 0.5) is 11.4 Å². The lowest BCUT2D eigenvalue weighted by Gasteiger charge is -2.03. The molecule has 2 heterocycles. The Bertz CT molecular complexity index is 1560. The molecule has 1 N–H and O–H groups in total. The Morgan fingerprint density at radius 2 is 2.00 bits per heavy atom. The number of hydrogen-bond acceptors (Lipinski definition) is 7. The molecule has 2 aromatic heterocycles. The monoisotopic (exact) mass is 479 g/mol. The number of carbonyl (C=O) groups is 1. The number of ether oxygens (including phenoxy) is 1. The van der Waals surface area contributed by atoms with E-state index in [-0.39, 0.29) is 15.6 Å². The van der Waals surface area contributed by atoms with E-state index in [4.69, 9.17) is 20.8 Å². The summed E-state index contributed by atoms with van der Waals surface area (Å²) in [4.78, 5) is 28.4. The fraction of sp³-hybridized carbons (Fsp3) is 0.0435. The van der Waals surface area contributed by atoms with Gasteiger partial charge in [0.15, 0.2) is 5.58 Å². The Balaban J connectivity index is 1.46.